The minimum Gasteiger partial charge on any atom is -0.306 e. The van der Waals surface area contributed by atoms with Gasteiger partial charge in [-0.1, -0.05) is 0 Å². The summed E-state index contributed by atoms with van der Waals surface area (Å²) in [6, 6.07) is 1.97. The van der Waals surface area contributed by atoms with E-state index in [2.05, 4.69) is 25.8 Å². The van der Waals surface area contributed by atoms with Crippen molar-refractivity contribution in [2.75, 3.05) is 0 Å². The van der Waals surface area contributed by atoms with E-state index in [9.17, 15) is 0 Å². The van der Waals surface area contributed by atoms with Gasteiger partial charge in [0, 0.05) is 48.2 Å². The number of thiazole rings is 1. The Balaban J connectivity index is 1.64. The lowest BCUT2D eigenvalue weighted by Crippen LogP contribution is -2.13. The first-order chi connectivity index (χ1) is 9.20. The predicted octanol–water partition coefficient (Wildman–Crippen LogP) is 2.09. The molecule has 0 fully saturated rings. The Labute approximate surface area is 115 Å². The highest BCUT2D eigenvalue weighted by Crippen LogP contribution is 2.09. The molecule has 6 heteroatoms. The molecular weight excluding hydrogens is 258 g/mol. The second kappa shape index (κ2) is 5.07. The lowest BCUT2D eigenvalue weighted by Gasteiger charge is -2.03. The largest absolute Gasteiger partial charge is 0.306 e. The smallest absolute Gasteiger partial charge is 0.155 e. The first-order valence-electron chi connectivity index (χ1n) is 6.13. The Hall–Kier alpha value is -1.79. The number of nitrogens with one attached hydrogen (secondary N) is 1. The van der Waals surface area contributed by atoms with Gasteiger partial charge in [-0.05, 0) is 13.8 Å². The normalized spacial score (nSPS) is 11.3. The zero-order chi connectivity index (χ0) is 13.2. The van der Waals surface area contributed by atoms with Crippen LogP contribution in [0.5, 0.6) is 0 Å². The molecule has 3 rings (SSSR count). The number of hydrogen-bond donors (Lipinski definition) is 1. The van der Waals surface area contributed by atoms with Crippen molar-refractivity contribution < 1.29 is 0 Å². The fourth-order valence-electron chi connectivity index (χ4n) is 1.92. The van der Waals surface area contributed by atoms with Crippen molar-refractivity contribution in [3.63, 3.8) is 0 Å². The summed E-state index contributed by atoms with van der Waals surface area (Å²) in [5.74, 6) is 0. The molecule has 3 heterocycles. The van der Waals surface area contributed by atoms with Crippen molar-refractivity contribution in [2.45, 2.75) is 26.9 Å². The Kier molecular flexibility index (Phi) is 3.27. The zero-order valence-corrected chi connectivity index (χ0v) is 11.7. The van der Waals surface area contributed by atoms with E-state index in [1.165, 1.54) is 0 Å². The van der Waals surface area contributed by atoms with E-state index in [1.807, 2.05) is 36.8 Å². The molecule has 0 amide bonds. The van der Waals surface area contributed by atoms with Gasteiger partial charge in [0.15, 0.2) is 5.65 Å². The molecule has 0 unspecified atom stereocenters. The maximum atomic E-state index is 4.42. The van der Waals surface area contributed by atoms with Gasteiger partial charge >= 0.3 is 0 Å². The summed E-state index contributed by atoms with van der Waals surface area (Å²) in [6.45, 7) is 5.53. The summed E-state index contributed by atoms with van der Waals surface area (Å²) in [4.78, 5) is 8.80. The number of hydrogen-bond acceptors (Lipinski definition) is 5. The van der Waals surface area contributed by atoms with Crippen LogP contribution >= 0.6 is 11.3 Å². The molecule has 0 radical (unpaired) electrons. The summed E-state index contributed by atoms with van der Waals surface area (Å²) in [6.07, 6.45) is 3.89. The number of fused-ring (bicyclic) bond motifs is 1. The summed E-state index contributed by atoms with van der Waals surface area (Å²) in [5.41, 5.74) is 4.06. The Morgan fingerprint density at radius 2 is 2.16 bits per heavy atom. The third kappa shape index (κ3) is 2.80. The fraction of sp³-hybridized carbons (Fsp3) is 0.308. The molecule has 98 valence electrons. The van der Waals surface area contributed by atoms with E-state index < -0.39 is 0 Å². The maximum absolute atomic E-state index is 4.42. The summed E-state index contributed by atoms with van der Waals surface area (Å²) >= 11 is 1.68. The van der Waals surface area contributed by atoms with E-state index in [-0.39, 0.29) is 0 Å². The van der Waals surface area contributed by atoms with E-state index in [0.29, 0.717) is 0 Å². The van der Waals surface area contributed by atoms with Gasteiger partial charge in [0.2, 0.25) is 0 Å². The second-order valence-electron chi connectivity index (χ2n) is 4.54. The van der Waals surface area contributed by atoms with Crippen LogP contribution in [0, 0.1) is 13.8 Å². The van der Waals surface area contributed by atoms with Crippen molar-refractivity contribution in [1.82, 2.24) is 24.9 Å². The van der Waals surface area contributed by atoms with E-state index in [0.717, 1.165) is 40.7 Å². The van der Waals surface area contributed by atoms with Gasteiger partial charge in [-0.2, -0.15) is 5.10 Å². The molecule has 19 heavy (non-hydrogen) atoms. The summed E-state index contributed by atoms with van der Waals surface area (Å²) in [5, 5.41) is 10.9. The Bertz CT molecular complexity index is 700. The van der Waals surface area contributed by atoms with Crippen LogP contribution in [0.3, 0.4) is 0 Å². The van der Waals surface area contributed by atoms with Gasteiger partial charge in [-0.25, -0.2) is 14.5 Å². The van der Waals surface area contributed by atoms with Crippen molar-refractivity contribution >= 4 is 17.0 Å². The predicted molar refractivity (Wildman–Crippen MR) is 75.1 cm³/mol. The molecule has 3 aromatic rings. The highest BCUT2D eigenvalue weighted by atomic mass is 32.1. The standard InChI is InChI=1S/C13H15N5S/c1-9-3-12-15-5-11(7-18(12)17-9)4-14-6-13-16-10(2)8-19-13/h3,5,7-8,14H,4,6H2,1-2H3. The second-order valence-corrected chi connectivity index (χ2v) is 5.48. The maximum Gasteiger partial charge on any atom is 0.155 e. The number of aryl methyl sites for hydroxylation is 2. The lowest BCUT2D eigenvalue weighted by atomic mass is 10.3. The molecular formula is C13H15N5S. The van der Waals surface area contributed by atoms with Crippen molar-refractivity contribution in [3.8, 4) is 0 Å². The van der Waals surface area contributed by atoms with Crippen LogP contribution in [0.1, 0.15) is 22.0 Å². The highest BCUT2D eigenvalue weighted by Gasteiger charge is 2.02. The van der Waals surface area contributed by atoms with Crippen molar-refractivity contribution in [1.29, 1.82) is 0 Å². The van der Waals surface area contributed by atoms with Gasteiger partial charge in [0.1, 0.15) is 5.01 Å². The molecule has 0 bridgehead atoms. The van der Waals surface area contributed by atoms with Gasteiger partial charge in [0.25, 0.3) is 0 Å². The van der Waals surface area contributed by atoms with Crippen LogP contribution in [0.4, 0.5) is 0 Å². The van der Waals surface area contributed by atoms with Gasteiger partial charge < -0.3 is 5.32 Å². The van der Waals surface area contributed by atoms with Crippen LogP contribution < -0.4 is 5.32 Å². The third-order valence-electron chi connectivity index (χ3n) is 2.76. The van der Waals surface area contributed by atoms with Crippen LogP contribution in [0.15, 0.2) is 23.8 Å². The molecule has 3 aromatic heterocycles. The molecule has 0 saturated heterocycles. The third-order valence-corrected chi connectivity index (χ3v) is 3.73. The van der Waals surface area contributed by atoms with Crippen LogP contribution in [-0.4, -0.2) is 19.6 Å². The Morgan fingerprint density at radius 3 is 2.95 bits per heavy atom. The SMILES string of the molecule is Cc1csc(CNCc2cnc3cc(C)nn3c2)n1. The van der Waals surface area contributed by atoms with Gasteiger partial charge in [-0.15, -0.1) is 11.3 Å². The van der Waals surface area contributed by atoms with Crippen LogP contribution in [-0.2, 0) is 13.1 Å². The minimum absolute atomic E-state index is 0.764. The van der Waals surface area contributed by atoms with E-state index in [1.54, 1.807) is 11.3 Å². The topological polar surface area (TPSA) is 55.1 Å². The number of aromatic nitrogens is 4. The van der Waals surface area contributed by atoms with Crippen LogP contribution in [0.25, 0.3) is 5.65 Å². The van der Waals surface area contributed by atoms with Gasteiger partial charge in [0.05, 0.1) is 5.69 Å². The lowest BCUT2D eigenvalue weighted by molar-refractivity contribution is 0.681. The average Bonchev–Trinajstić information content (AvgIpc) is 2.94. The summed E-state index contributed by atoms with van der Waals surface area (Å²) < 4.78 is 1.82. The Morgan fingerprint density at radius 1 is 1.26 bits per heavy atom. The molecule has 5 nitrogen and oxygen atoms in total. The first kappa shape index (κ1) is 12.3. The molecule has 0 saturated carbocycles. The molecule has 0 aliphatic heterocycles. The average molecular weight is 273 g/mol. The van der Waals surface area contributed by atoms with Crippen LogP contribution in [0.2, 0.25) is 0 Å². The zero-order valence-electron chi connectivity index (χ0n) is 10.9. The molecule has 0 aromatic carbocycles. The molecule has 0 aliphatic rings. The monoisotopic (exact) mass is 273 g/mol. The number of nitrogens with zero attached hydrogens (tertiary/aromatic N) is 4. The molecule has 0 spiro atoms. The van der Waals surface area contributed by atoms with Crippen molar-refractivity contribution in [3.05, 3.63) is 45.8 Å². The highest BCUT2D eigenvalue weighted by molar-refractivity contribution is 7.09. The molecule has 0 aliphatic carbocycles. The fourth-order valence-corrected chi connectivity index (χ4v) is 2.66. The van der Waals surface area contributed by atoms with E-state index in [4.69, 9.17) is 0 Å². The number of rotatable bonds is 4. The molecule has 1 N–H and O–H groups in total. The first-order valence-corrected chi connectivity index (χ1v) is 7.01. The van der Waals surface area contributed by atoms with Crippen molar-refractivity contribution in [2.24, 2.45) is 0 Å². The summed E-state index contributed by atoms with van der Waals surface area (Å²) in [7, 11) is 0. The molecule has 0 atom stereocenters. The minimum atomic E-state index is 0.764. The van der Waals surface area contributed by atoms with Gasteiger partial charge in [-0.3, -0.25) is 0 Å². The quantitative estimate of drug-likeness (QED) is 0.791. The van der Waals surface area contributed by atoms with E-state index >= 15 is 0 Å².